The Balaban J connectivity index is 1.76. The minimum absolute atomic E-state index is 0.122. The molecule has 4 rings (SSSR count). The van der Waals surface area contributed by atoms with E-state index in [4.69, 9.17) is 9.72 Å². The van der Waals surface area contributed by atoms with Gasteiger partial charge in [0.05, 0.1) is 41.4 Å². The Bertz CT molecular complexity index is 1420. The molecular weight excluding hydrogens is 472 g/mol. The molecule has 9 nitrogen and oxygen atoms in total. The summed E-state index contributed by atoms with van der Waals surface area (Å²) in [5.74, 6) is 0. The summed E-state index contributed by atoms with van der Waals surface area (Å²) in [7, 11) is -1.17. The number of hydrogen-bond acceptors (Lipinski definition) is 7. The highest BCUT2D eigenvalue weighted by atomic mass is 28.3. The fraction of sp³-hybridized carbons (Fsp3) is 0.423. The van der Waals surface area contributed by atoms with Gasteiger partial charge >= 0.3 is 0 Å². The van der Waals surface area contributed by atoms with Crippen molar-refractivity contribution in [3.8, 4) is 22.6 Å². The lowest BCUT2D eigenvalue weighted by molar-refractivity contribution is 0.0603. The number of hydrogen-bond donors (Lipinski definition) is 1. The van der Waals surface area contributed by atoms with E-state index in [-0.39, 0.29) is 12.1 Å². The van der Waals surface area contributed by atoms with E-state index in [0.717, 1.165) is 17.2 Å². The van der Waals surface area contributed by atoms with Gasteiger partial charge in [0.15, 0.2) is 0 Å². The molecule has 0 bridgehead atoms. The SMILES string of the molecule is Cc1ccc(-c2cc3c(=O)n(CC(C)(C)O)cnc3c(-c3cnn(COCC[Si](C)(C)C)c3)n2)nc1. The van der Waals surface area contributed by atoms with Crippen LogP contribution >= 0.6 is 0 Å². The molecule has 36 heavy (non-hydrogen) atoms. The van der Waals surface area contributed by atoms with Crippen molar-refractivity contribution in [1.82, 2.24) is 29.3 Å². The molecule has 0 atom stereocenters. The zero-order valence-electron chi connectivity index (χ0n) is 21.8. The Labute approximate surface area is 211 Å². The van der Waals surface area contributed by atoms with E-state index in [0.29, 0.717) is 41.3 Å². The van der Waals surface area contributed by atoms with Gasteiger partial charge in [0.2, 0.25) is 0 Å². The molecule has 10 heteroatoms. The van der Waals surface area contributed by atoms with Crippen LogP contribution in [0.4, 0.5) is 0 Å². The maximum atomic E-state index is 13.4. The molecule has 0 saturated heterocycles. The van der Waals surface area contributed by atoms with E-state index in [1.54, 1.807) is 37.0 Å². The van der Waals surface area contributed by atoms with E-state index in [9.17, 15) is 9.90 Å². The maximum Gasteiger partial charge on any atom is 0.261 e. The summed E-state index contributed by atoms with van der Waals surface area (Å²) < 4.78 is 8.98. The summed E-state index contributed by atoms with van der Waals surface area (Å²) in [6.07, 6.45) is 6.79. The lowest BCUT2D eigenvalue weighted by atomic mass is 10.1. The number of rotatable bonds is 9. The number of aryl methyl sites for hydroxylation is 1. The minimum Gasteiger partial charge on any atom is -0.389 e. The third-order valence-corrected chi connectivity index (χ3v) is 7.37. The number of ether oxygens (including phenoxy) is 1. The first-order valence-corrected chi connectivity index (χ1v) is 15.8. The van der Waals surface area contributed by atoms with Crippen molar-refractivity contribution in [3.63, 3.8) is 0 Å². The highest BCUT2D eigenvalue weighted by molar-refractivity contribution is 6.76. The second kappa shape index (κ2) is 10.0. The van der Waals surface area contributed by atoms with Crippen molar-refractivity contribution in [2.24, 2.45) is 0 Å². The Kier molecular flexibility index (Phi) is 7.21. The summed E-state index contributed by atoms with van der Waals surface area (Å²) in [6, 6.07) is 6.64. The van der Waals surface area contributed by atoms with Crippen LogP contribution in [0.3, 0.4) is 0 Å². The van der Waals surface area contributed by atoms with Gasteiger partial charge < -0.3 is 9.84 Å². The van der Waals surface area contributed by atoms with E-state index >= 15 is 0 Å². The summed E-state index contributed by atoms with van der Waals surface area (Å²) >= 11 is 0. The van der Waals surface area contributed by atoms with Crippen LogP contribution in [-0.2, 0) is 18.0 Å². The van der Waals surface area contributed by atoms with Gasteiger partial charge in [-0.1, -0.05) is 25.7 Å². The molecule has 0 aromatic carbocycles. The molecule has 190 valence electrons. The molecule has 0 fully saturated rings. The zero-order valence-corrected chi connectivity index (χ0v) is 22.8. The summed E-state index contributed by atoms with van der Waals surface area (Å²) in [5.41, 5.74) is 2.69. The van der Waals surface area contributed by atoms with Crippen LogP contribution in [0.5, 0.6) is 0 Å². The third-order valence-electron chi connectivity index (χ3n) is 5.67. The molecule has 0 radical (unpaired) electrons. The molecule has 4 aromatic heterocycles. The number of fused-ring (bicyclic) bond motifs is 1. The maximum absolute atomic E-state index is 13.4. The fourth-order valence-electron chi connectivity index (χ4n) is 3.74. The van der Waals surface area contributed by atoms with E-state index < -0.39 is 13.7 Å². The second-order valence-electron chi connectivity index (χ2n) is 11.1. The molecular formula is C26H34N6O3Si. The number of pyridine rings is 2. The van der Waals surface area contributed by atoms with Crippen molar-refractivity contribution >= 4 is 19.0 Å². The number of nitrogens with zero attached hydrogens (tertiary/aromatic N) is 6. The molecule has 0 aliphatic heterocycles. The van der Waals surface area contributed by atoms with Gasteiger partial charge in [0.1, 0.15) is 17.9 Å². The Morgan fingerprint density at radius 3 is 2.56 bits per heavy atom. The largest absolute Gasteiger partial charge is 0.389 e. The molecule has 0 amide bonds. The molecule has 0 unspecified atom stereocenters. The molecule has 0 aliphatic carbocycles. The van der Waals surface area contributed by atoms with E-state index in [1.807, 2.05) is 25.3 Å². The van der Waals surface area contributed by atoms with Crippen LogP contribution in [0.2, 0.25) is 25.7 Å². The van der Waals surface area contributed by atoms with Crippen molar-refractivity contribution in [1.29, 1.82) is 0 Å². The van der Waals surface area contributed by atoms with Crippen LogP contribution in [-0.4, -0.2) is 54.7 Å². The third kappa shape index (κ3) is 6.31. The average molecular weight is 507 g/mol. The quantitative estimate of drug-likeness (QED) is 0.269. The first-order valence-electron chi connectivity index (χ1n) is 12.1. The van der Waals surface area contributed by atoms with Crippen molar-refractivity contribution in [2.45, 2.75) is 65.3 Å². The summed E-state index contributed by atoms with van der Waals surface area (Å²) in [4.78, 5) is 27.3. The van der Waals surface area contributed by atoms with Crippen LogP contribution < -0.4 is 5.56 Å². The Morgan fingerprint density at radius 2 is 1.89 bits per heavy atom. The predicted molar refractivity (Wildman–Crippen MR) is 143 cm³/mol. The molecule has 4 heterocycles. The van der Waals surface area contributed by atoms with Crippen molar-refractivity contribution in [2.75, 3.05) is 6.61 Å². The van der Waals surface area contributed by atoms with Crippen LogP contribution in [0, 0.1) is 6.92 Å². The van der Waals surface area contributed by atoms with Gasteiger partial charge in [-0.05, 0) is 44.5 Å². The predicted octanol–water partition coefficient (Wildman–Crippen LogP) is 4.11. The number of aliphatic hydroxyl groups is 1. The first kappa shape index (κ1) is 25.9. The van der Waals surface area contributed by atoms with Gasteiger partial charge in [-0.25, -0.2) is 14.6 Å². The zero-order chi connectivity index (χ0) is 26.1. The van der Waals surface area contributed by atoms with Crippen LogP contribution in [0.1, 0.15) is 19.4 Å². The molecule has 0 spiro atoms. The van der Waals surface area contributed by atoms with Gasteiger partial charge in [0, 0.05) is 32.6 Å². The Morgan fingerprint density at radius 1 is 1.11 bits per heavy atom. The van der Waals surface area contributed by atoms with Crippen LogP contribution in [0.25, 0.3) is 33.5 Å². The normalized spacial score (nSPS) is 12.4. The summed E-state index contributed by atoms with van der Waals surface area (Å²) in [6.45, 7) is 13.4. The highest BCUT2D eigenvalue weighted by Crippen LogP contribution is 2.28. The lowest BCUT2D eigenvalue weighted by Gasteiger charge is -2.18. The first-order chi connectivity index (χ1) is 16.9. The van der Waals surface area contributed by atoms with Crippen LogP contribution in [0.15, 0.2) is 47.9 Å². The van der Waals surface area contributed by atoms with Crippen molar-refractivity contribution in [3.05, 3.63) is 59.0 Å². The molecule has 1 N–H and O–H groups in total. The van der Waals surface area contributed by atoms with Gasteiger partial charge in [-0.3, -0.25) is 14.3 Å². The van der Waals surface area contributed by atoms with E-state index in [2.05, 4.69) is 34.7 Å². The van der Waals surface area contributed by atoms with Gasteiger partial charge in [-0.2, -0.15) is 5.10 Å². The van der Waals surface area contributed by atoms with Gasteiger partial charge in [-0.15, -0.1) is 0 Å². The highest BCUT2D eigenvalue weighted by Gasteiger charge is 2.20. The fourth-order valence-corrected chi connectivity index (χ4v) is 4.50. The molecule has 0 aliphatic rings. The Hall–Kier alpha value is -3.21. The lowest BCUT2D eigenvalue weighted by Crippen LogP contribution is -2.33. The van der Waals surface area contributed by atoms with Gasteiger partial charge in [0.25, 0.3) is 5.56 Å². The summed E-state index contributed by atoms with van der Waals surface area (Å²) in [5, 5.41) is 15.1. The second-order valence-corrected chi connectivity index (χ2v) is 16.7. The monoisotopic (exact) mass is 506 g/mol. The van der Waals surface area contributed by atoms with E-state index in [1.165, 1.54) is 10.9 Å². The molecule has 0 saturated carbocycles. The number of aromatic nitrogens is 6. The average Bonchev–Trinajstić information content (AvgIpc) is 3.26. The van der Waals surface area contributed by atoms with Crippen molar-refractivity contribution < 1.29 is 9.84 Å². The smallest absolute Gasteiger partial charge is 0.261 e. The topological polar surface area (TPSA) is 108 Å². The standard InChI is InChI=1S/C26H34N6O3Si/c1-18-7-8-21(27-12-18)22-11-20-24(28-16-31(25(20)33)15-26(2,3)34)23(30-22)19-13-29-32(14-19)17-35-9-10-36(4,5)6/h7-8,11-14,16,34H,9-10,15,17H2,1-6H3. The minimum atomic E-state index is -1.17. The molecule has 4 aromatic rings.